The van der Waals surface area contributed by atoms with Crippen LogP contribution in [0.1, 0.15) is 51.5 Å². The third-order valence-corrected chi connectivity index (χ3v) is 6.78. The Balaban J connectivity index is 1.22. The van der Waals surface area contributed by atoms with Crippen molar-refractivity contribution in [2.75, 3.05) is 7.11 Å². The lowest BCUT2D eigenvalue weighted by molar-refractivity contribution is 0.0889. The number of para-hydroxylation sites is 2. The molecule has 7 nitrogen and oxygen atoms in total. The summed E-state index contributed by atoms with van der Waals surface area (Å²) in [7, 11) is 1.59. The van der Waals surface area contributed by atoms with Crippen LogP contribution in [0.15, 0.2) is 53.9 Å². The number of hydrogen-bond donors (Lipinski definition) is 2. The molecule has 2 aromatic carbocycles. The minimum absolute atomic E-state index is 0.0613. The van der Waals surface area contributed by atoms with Crippen LogP contribution in [0.5, 0.6) is 11.5 Å². The van der Waals surface area contributed by atoms with Gasteiger partial charge in [-0.2, -0.15) is 0 Å². The maximum absolute atomic E-state index is 12.7. The highest BCUT2D eigenvalue weighted by molar-refractivity contribution is 7.09. The van der Waals surface area contributed by atoms with Gasteiger partial charge in [0.15, 0.2) is 11.5 Å². The monoisotopic (exact) mass is 499 g/mol. The first-order valence-corrected chi connectivity index (χ1v) is 12.3. The summed E-state index contributed by atoms with van der Waals surface area (Å²) in [4.78, 5) is 29.5. The molecule has 34 heavy (non-hydrogen) atoms. The van der Waals surface area contributed by atoms with Gasteiger partial charge < -0.3 is 20.1 Å². The number of benzene rings is 2. The van der Waals surface area contributed by atoms with Gasteiger partial charge in [-0.15, -0.1) is 11.3 Å². The van der Waals surface area contributed by atoms with Crippen molar-refractivity contribution < 1.29 is 19.1 Å². The lowest BCUT2D eigenvalue weighted by Gasteiger charge is -2.29. The number of ether oxygens (including phenoxy) is 2. The van der Waals surface area contributed by atoms with Crippen molar-refractivity contribution in [2.45, 2.75) is 44.4 Å². The summed E-state index contributed by atoms with van der Waals surface area (Å²) in [5.41, 5.74) is 0.982. The second-order valence-corrected chi connectivity index (χ2v) is 9.45. The Labute approximate surface area is 207 Å². The molecule has 0 aliphatic heterocycles. The van der Waals surface area contributed by atoms with Crippen LogP contribution in [0.2, 0.25) is 5.02 Å². The Morgan fingerprint density at radius 2 is 1.59 bits per heavy atom. The Kier molecular flexibility index (Phi) is 8.03. The predicted octanol–water partition coefficient (Wildman–Crippen LogP) is 4.86. The van der Waals surface area contributed by atoms with Crippen LogP contribution in [0.25, 0.3) is 0 Å². The van der Waals surface area contributed by atoms with E-state index < -0.39 is 0 Å². The number of carbonyl (C=O) groups is 2. The lowest BCUT2D eigenvalue weighted by Crippen LogP contribution is -2.43. The zero-order chi connectivity index (χ0) is 23.9. The highest BCUT2D eigenvalue weighted by Crippen LogP contribution is 2.27. The molecule has 0 atom stereocenters. The van der Waals surface area contributed by atoms with Crippen LogP contribution in [-0.2, 0) is 6.61 Å². The molecule has 1 aromatic heterocycles. The first kappa shape index (κ1) is 24.0. The highest BCUT2D eigenvalue weighted by atomic mass is 35.5. The van der Waals surface area contributed by atoms with Crippen LogP contribution in [0.4, 0.5) is 0 Å². The van der Waals surface area contributed by atoms with E-state index in [0.29, 0.717) is 32.8 Å². The number of amides is 2. The molecule has 0 bridgehead atoms. The quantitative estimate of drug-likeness (QED) is 0.462. The highest BCUT2D eigenvalue weighted by Gasteiger charge is 2.25. The maximum atomic E-state index is 12.7. The van der Waals surface area contributed by atoms with Gasteiger partial charge in [0.1, 0.15) is 17.3 Å². The fraction of sp³-hybridized carbons (Fsp3) is 0.320. The number of nitrogens with one attached hydrogen (secondary N) is 2. The summed E-state index contributed by atoms with van der Waals surface area (Å²) in [5, 5.41) is 9.20. The number of halogens is 1. The predicted molar refractivity (Wildman–Crippen MR) is 132 cm³/mol. The van der Waals surface area contributed by atoms with Crippen molar-refractivity contribution in [3.63, 3.8) is 0 Å². The average Bonchev–Trinajstić information content (AvgIpc) is 3.34. The van der Waals surface area contributed by atoms with Crippen LogP contribution in [0.3, 0.4) is 0 Å². The molecule has 1 aliphatic carbocycles. The van der Waals surface area contributed by atoms with E-state index in [1.807, 2.05) is 24.3 Å². The van der Waals surface area contributed by atoms with E-state index in [1.165, 1.54) is 11.3 Å². The summed E-state index contributed by atoms with van der Waals surface area (Å²) in [5.74, 6) is 0.992. The van der Waals surface area contributed by atoms with E-state index in [4.69, 9.17) is 21.1 Å². The molecule has 0 radical (unpaired) electrons. The molecule has 178 valence electrons. The van der Waals surface area contributed by atoms with E-state index in [1.54, 1.807) is 36.8 Å². The van der Waals surface area contributed by atoms with Crippen molar-refractivity contribution in [2.24, 2.45) is 0 Å². The van der Waals surface area contributed by atoms with Gasteiger partial charge in [-0.3, -0.25) is 9.59 Å². The van der Waals surface area contributed by atoms with Crippen molar-refractivity contribution in [1.82, 2.24) is 15.6 Å². The van der Waals surface area contributed by atoms with Gasteiger partial charge in [0, 0.05) is 28.0 Å². The molecule has 1 aliphatic rings. The van der Waals surface area contributed by atoms with Gasteiger partial charge in [0.05, 0.1) is 7.11 Å². The summed E-state index contributed by atoms with van der Waals surface area (Å²) >= 11 is 7.27. The van der Waals surface area contributed by atoms with Gasteiger partial charge in [0.2, 0.25) is 0 Å². The average molecular weight is 500 g/mol. The van der Waals surface area contributed by atoms with E-state index >= 15 is 0 Å². The molecule has 3 aromatic rings. The lowest BCUT2D eigenvalue weighted by atomic mass is 9.91. The van der Waals surface area contributed by atoms with Gasteiger partial charge in [-0.05, 0) is 62.1 Å². The smallest absolute Gasteiger partial charge is 0.270 e. The topological polar surface area (TPSA) is 89.6 Å². The fourth-order valence-electron chi connectivity index (χ4n) is 3.87. The second-order valence-electron chi connectivity index (χ2n) is 8.07. The summed E-state index contributed by atoms with van der Waals surface area (Å²) in [6, 6.07) is 14.4. The van der Waals surface area contributed by atoms with Gasteiger partial charge in [-0.1, -0.05) is 23.7 Å². The molecule has 1 heterocycles. The Hall–Kier alpha value is -3.10. The maximum Gasteiger partial charge on any atom is 0.270 e. The molecule has 0 spiro atoms. The molecule has 2 N–H and O–H groups in total. The molecule has 0 saturated heterocycles. The standard InChI is InChI=1S/C25H26ClN3O4S/c1-32-21-4-2-3-5-22(21)33-14-23-29-20(15-34-23)25(31)28-19-12-10-18(11-13-19)27-24(30)16-6-8-17(26)9-7-16/h2-9,15,18-19H,10-14H2,1H3,(H,27,30)(H,28,31). The number of nitrogens with zero attached hydrogens (tertiary/aromatic N) is 1. The van der Waals surface area contributed by atoms with Crippen molar-refractivity contribution in [3.05, 3.63) is 75.2 Å². The third kappa shape index (κ3) is 6.27. The molecule has 1 saturated carbocycles. The molecule has 4 rings (SSSR count). The molecule has 0 unspecified atom stereocenters. The van der Waals surface area contributed by atoms with E-state index in [0.717, 1.165) is 25.7 Å². The number of aromatic nitrogens is 1. The first-order chi connectivity index (χ1) is 16.5. The zero-order valence-electron chi connectivity index (χ0n) is 18.8. The Morgan fingerprint density at radius 1 is 0.971 bits per heavy atom. The zero-order valence-corrected chi connectivity index (χ0v) is 20.3. The molecular formula is C25H26ClN3O4S. The van der Waals surface area contributed by atoms with Gasteiger partial charge in [0.25, 0.3) is 11.8 Å². The SMILES string of the molecule is COc1ccccc1OCc1nc(C(=O)NC2CCC(NC(=O)c3ccc(Cl)cc3)CC2)cs1. The van der Waals surface area contributed by atoms with Crippen molar-refractivity contribution in [1.29, 1.82) is 0 Å². The normalized spacial score (nSPS) is 17.6. The van der Waals surface area contributed by atoms with E-state index in [-0.39, 0.29) is 30.5 Å². The molecule has 2 amide bonds. The first-order valence-electron chi connectivity index (χ1n) is 11.1. The summed E-state index contributed by atoms with van der Waals surface area (Å²) in [6.07, 6.45) is 3.20. The van der Waals surface area contributed by atoms with Crippen molar-refractivity contribution >= 4 is 34.8 Å². The Morgan fingerprint density at radius 3 is 2.24 bits per heavy atom. The van der Waals surface area contributed by atoms with Gasteiger partial charge >= 0.3 is 0 Å². The third-order valence-electron chi connectivity index (χ3n) is 5.71. The number of carbonyl (C=O) groups excluding carboxylic acids is 2. The summed E-state index contributed by atoms with van der Waals surface area (Å²) in [6.45, 7) is 0.261. The number of hydrogen-bond acceptors (Lipinski definition) is 6. The minimum atomic E-state index is -0.187. The largest absolute Gasteiger partial charge is 0.493 e. The van der Waals surface area contributed by atoms with Crippen LogP contribution < -0.4 is 20.1 Å². The number of thiazole rings is 1. The van der Waals surface area contributed by atoms with E-state index in [9.17, 15) is 9.59 Å². The van der Waals surface area contributed by atoms with Crippen molar-refractivity contribution in [3.8, 4) is 11.5 Å². The molecular weight excluding hydrogens is 474 g/mol. The van der Waals surface area contributed by atoms with Crippen LogP contribution in [-0.4, -0.2) is 36.0 Å². The second kappa shape index (κ2) is 11.4. The van der Waals surface area contributed by atoms with Gasteiger partial charge in [-0.25, -0.2) is 4.98 Å². The number of rotatable bonds is 8. The van der Waals surface area contributed by atoms with Crippen LogP contribution in [0, 0.1) is 0 Å². The number of methoxy groups -OCH3 is 1. The molecule has 9 heteroatoms. The summed E-state index contributed by atoms with van der Waals surface area (Å²) < 4.78 is 11.1. The van der Waals surface area contributed by atoms with Crippen LogP contribution >= 0.6 is 22.9 Å². The van der Waals surface area contributed by atoms with E-state index in [2.05, 4.69) is 15.6 Å². The Bertz CT molecular complexity index is 1130. The fourth-order valence-corrected chi connectivity index (χ4v) is 4.68. The minimum Gasteiger partial charge on any atom is -0.493 e. The molecule has 1 fully saturated rings.